The molecule has 0 aliphatic heterocycles. The van der Waals surface area contributed by atoms with Crippen LogP contribution in [0.1, 0.15) is 27.7 Å². The molecule has 0 aromatic carbocycles. The molecule has 2 heteroatoms. The summed E-state index contributed by atoms with van der Waals surface area (Å²) in [5.41, 5.74) is 1.11. The summed E-state index contributed by atoms with van der Waals surface area (Å²) in [6.45, 7) is 8.77. The van der Waals surface area contributed by atoms with Crippen LogP contribution in [0.5, 0.6) is 0 Å². The van der Waals surface area contributed by atoms with Crippen LogP contribution >= 0.6 is 11.6 Å². The third-order valence-electron chi connectivity index (χ3n) is 1.16. The summed E-state index contributed by atoms with van der Waals surface area (Å²) < 4.78 is 5.47. The number of allylic oxidation sites excluding steroid dienone is 1. The number of alkyl halides is 1. The lowest BCUT2D eigenvalue weighted by Crippen LogP contribution is -2.19. The highest BCUT2D eigenvalue weighted by Gasteiger charge is 2.07. The van der Waals surface area contributed by atoms with Gasteiger partial charge in [0.2, 0.25) is 0 Å². The molecule has 0 aromatic rings. The van der Waals surface area contributed by atoms with Crippen molar-refractivity contribution in [1.29, 1.82) is 0 Å². The molecule has 0 aromatic heterocycles. The molecular formula is C9H17ClO. The third-order valence-corrected chi connectivity index (χ3v) is 1.58. The van der Waals surface area contributed by atoms with Crippen molar-refractivity contribution in [1.82, 2.24) is 0 Å². The van der Waals surface area contributed by atoms with Gasteiger partial charge in [0.15, 0.2) is 0 Å². The van der Waals surface area contributed by atoms with Gasteiger partial charge >= 0.3 is 0 Å². The van der Waals surface area contributed by atoms with Gasteiger partial charge in [-0.05, 0) is 27.7 Å². The first-order chi connectivity index (χ1) is 4.95. The van der Waals surface area contributed by atoms with Crippen molar-refractivity contribution in [2.75, 3.05) is 12.5 Å². The molecule has 0 aliphatic carbocycles. The van der Waals surface area contributed by atoms with Gasteiger partial charge in [0.05, 0.1) is 12.2 Å². The minimum atomic E-state index is -0.0525. The Labute approximate surface area is 74.4 Å². The highest BCUT2D eigenvalue weighted by Crippen LogP contribution is 2.06. The van der Waals surface area contributed by atoms with Crippen LogP contribution in [0.2, 0.25) is 0 Å². The van der Waals surface area contributed by atoms with E-state index in [-0.39, 0.29) is 5.60 Å². The summed E-state index contributed by atoms with van der Waals surface area (Å²) in [7, 11) is 0. The molecule has 0 bridgehead atoms. The Bertz CT molecular complexity index is 133. The smallest absolute Gasteiger partial charge is 0.0657 e. The van der Waals surface area contributed by atoms with E-state index in [2.05, 4.69) is 0 Å². The highest BCUT2D eigenvalue weighted by molar-refractivity contribution is 6.19. The van der Waals surface area contributed by atoms with Gasteiger partial charge < -0.3 is 4.74 Å². The number of hydrogen-bond acceptors (Lipinski definition) is 1. The Morgan fingerprint density at radius 2 is 2.00 bits per heavy atom. The Morgan fingerprint density at radius 1 is 1.45 bits per heavy atom. The van der Waals surface area contributed by atoms with E-state index in [1.165, 1.54) is 0 Å². The average molecular weight is 177 g/mol. The normalized spacial score (nSPS) is 13.7. The van der Waals surface area contributed by atoms with Crippen LogP contribution in [0.25, 0.3) is 0 Å². The molecule has 0 amide bonds. The molecule has 0 saturated heterocycles. The van der Waals surface area contributed by atoms with E-state index in [0.29, 0.717) is 12.5 Å². The SMILES string of the molecule is CC(=CCOC(C)(C)C)CCl. The van der Waals surface area contributed by atoms with E-state index in [1.807, 2.05) is 33.8 Å². The molecular weight excluding hydrogens is 160 g/mol. The van der Waals surface area contributed by atoms with Gasteiger partial charge in [-0.2, -0.15) is 0 Å². The van der Waals surface area contributed by atoms with Crippen LogP contribution in [-0.4, -0.2) is 18.1 Å². The van der Waals surface area contributed by atoms with Crippen LogP contribution in [0.15, 0.2) is 11.6 Å². The molecule has 0 heterocycles. The summed E-state index contributed by atoms with van der Waals surface area (Å²) in [6.07, 6.45) is 2.01. The van der Waals surface area contributed by atoms with E-state index in [9.17, 15) is 0 Å². The van der Waals surface area contributed by atoms with Gasteiger partial charge in [-0.3, -0.25) is 0 Å². The Morgan fingerprint density at radius 3 is 2.36 bits per heavy atom. The molecule has 0 radical (unpaired) electrons. The Balaban J connectivity index is 3.57. The molecule has 0 aliphatic rings. The van der Waals surface area contributed by atoms with Crippen LogP contribution in [0.3, 0.4) is 0 Å². The van der Waals surface area contributed by atoms with E-state index in [4.69, 9.17) is 16.3 Å². The summed E-state index contributed by atoms with van der Waals surface area (Å²) in [5.74, 6) is 0.591. The minimum Gasteiger partial charge on any atom is -0.372 e. The second-order valence-electron chi connectivity index (χ2n) is 3.61. The van der Waals surface area contributed by atoms with E-state index in [0.717, 1.165) is 5.57 Å². The van der Waals surface area contributed by atoms with Crippen molar-refractivity contribution in [3.63, 3.8) is 0 Å². The molecule has 0 N–H and O–H groups in total. The number of ether oxygens (including phenoxy) is 1. The molecule has 0 fully saturated rings. The van der Waals surface area contributed by atoms with Crippen LogP contribution in [0, 0.1) is 0 Å². The molecule has 0 spiro atoms. The molecule has 0 rings (SSSR count). The van der Waals surface area contributed by atoms with Gasteiger partial charge in [-0.1, -0.05) is 11.6 Å². The van der Waals surface area contributed by atoms with Gasteiger partial charge in [-0.15, -0.1) is 11.6 Å². The van der Waals surface area contributed by atoms with Crippen LogP contribution in [0.4, 0.5) is 0 Å². The van der Waals surface area contributed by atoms with Crippen molar-refractivity contribution < 1.29 is 4.74 Å². The van der Waals surface area contributed by atoms with Gasteiger partial charge in [-0.25, -0.2) is 0 Å². The standard InChI is InChI=1S/C9H17ClO/c1-8(7-10)5-6-11-9(2,3)4/h5H,6-7H2,1-4H3. The quantitative estimate of drug-likeness (QED) is 0.475. The van der Waals surface area contributed by atoms with Crippen molar-refractivity contribution in [3.8, 4) is 0 Å². The van der Waals surface area contributed by atoms with Crippen LogP contribution < -0.4 is 0 Å². The zero-order valence-corrected chi connectivity index (χ0v) is 8.53. The summed E-state index contributed by atoms with van der Waals surface area (Å²) in [4.78, 5) is 0. The molecule has 1 nitrogen and oxygen atoms in total. The van der Waals surface area contributed by atoms with Crippen molar-refractivity contribution in [3.05, 3.63) is 11.6 Å². The summed E-state index contributed by atoms with van der Waals surface area (Å²) >= 11 is 5.58. The van der Waals surface area contributed by atoms with Crippen molar-refractivity contribution in [2.45, 2.75) is 33.3 Å². The second kappa shape index (κ2) is 4.78. The van der Waals surface area contributed by atoms with Gasteiger partial charge in [0.1, 0.15) is 0 Å². The Hall–Kier alpha value is -0.0100. The fraction of sp³-hybridized carbons (Fsp3) is 0.778. The molecule has 66 valence electrons. The van der Waals surface area contributed by atoms with E-state index < -0.39 is 0 Å². The molecule has 0 saturated carbocycles. The predicted molar refractivity (Wildman–Crippen MR) is 50.2 cm³/mol. The first-order valence-electron chi connectivity index (χ1n) is 3.81. The average Bonchev–Trinajstić information content (AvgIpc) is 1.85. The monoisotopic (exact) mass is 176 g/mol. The Kier molecular flexibility index (Phi) is 4.78. The number of halogens is 1. The maximum absolute atomic E-state index is 5.58. The fourth-order valence-electron chi connectivity index (χ4n) is 0.488. The van der Waals surface area contributed by atoms with E-state index in [1.54, 1.807) is 0 Å². The highest BCUT2D eigenvalue weighted by atomic mass is 35.5. The predicted octanol–water partition coefficient (Wildman–Crippen LogP) is 2.99. The largest absolute Gasteiger partial charge is 0.372 e. The zero-order valence-electron chi connectivity index (χ0n) is 7.78. The third kappa shape index (κ3) is 7.89. The molecule has 0 unspecified atom stereocenters. The van der Waals surface area contributed by atoms with Crippen LogP contribution in [-0.2, 0) is 4.74 Å². The number of hydrogen-bond donors (Lipinski definition) is 0. The second-order valence-corrected chi connectivity index (χ2v) is 3.87. The lowest BCUT2D eigenvalue weighted by molar-refractivity contribution is 0.0148. The summed E-state index contributed by atoms with van der Waals surface area (Å²) in [6, 6.07) is 0. The lowest BCUT2D eigenvalue weighted by atomic mass is 10.2. The van der Waals surface area contributed by atoms with E-state index >= 15 is 0 Å². The maximum atomic E-state index is 5.58. The molecule has 11 heavy (non-hydrogen) atoms. The first-order valence-corrected chi connectivity index (χ1v) is 4.35. The zero-order chi connectivity index (χ0) is 8.91. The minimum absolute atomic E-state index is 0.0525. The summed E-state index contributed by atoms with van der Waals surface area (Å²) in [5, 5.41) is 0. The topological polar surface area (TPSA) is 9.23 Å². The van der Waals surface area contributed by atoms with Gasteiger partial charge in [0, 0.05) is 5.88 Å². The number of rotatable bonds is 3. The molecule has 0 atom stereocenters. The maximum Gasteiger partial charge on any atom is 0.0657 e. The van der Waals surface area contributed by atoms with Gasteiger partial charge in [0.25, 0.3) is 0 Å². The van der Waals surface area contributed by atoms with Crippen molar-refractivity contribution in [2.24, 2.45) is 0 Å². The fourth-order valence-corrected chi connectivity index (χ4v) is 0.598. The van der Waals surface area contributed by atoms with Crippen molar-refractivity contribution >= 4 is 11.6 Å². The lowest BCUT2D eigenvalue weighted by Gasteiger charge is -2.18. The first kappa shape index (κ1) is 11.0.